The number of nitrogens with one attached hydrogen (secondary N) is 1. The van der Waals surface area contributed by atoms with Crippen LogP contribution in [0.4, 0.5) is 22.0 Å². The van der Waals surface area contributed by atoms with Crippen molar-refractivity contribution in [3.05, 3.63) is 65.0 Å². The molecule has 0 aliphatic rings. The first-order valence-electron chi connectivity index (χ1n) is 5.76. The van der Waals surface area contributed by atoms with Crippen molar-refractivity contribution in [3.63, 3.8) is 0 Å². The number of hydrogen-bond donors (Lipinski definition) is 2. The molecular formula is C13H10F5N3. The van der Waals surface area contributed by atoms with Crippen LogP contribution in [0.1, 0.15) is 22.7 Å². The molecule has 1 aromatic heterocycles. The van der Waals surface area contributed by atoms with Crippen molar-refractivity contribution in [3.8, 4) is 0 Å². The summed E-state index contributed by atoms with van der Waals surface area (Å²) in [5, 5.41) is 0. The molecule has 21 heavy (non-hydrogen) atoms. The van der Waals surface area contributed by atoms with Crippen molar-refractivity contribution < 1.29 is 22.0 Å². The minimum absolute atomic E-state index is 0.121. The molecule has 0 bridgehead atoms. The van der Waals surface area contributed by atoms with Gasteiger partial charge in [0, 0.05) is 6.20 Å². The van der Waals surface area contributed by atoms with Crippen LogP contribution in [0.15, 0.2) is 36.7 Å². The molecule has 3 nitrogen and oxygen atoms in total. The Morgan fingerprint density at radius 2 is 1.76 bits per heavy atom. The first-order valence-corrected chi connectivity index (χ1v) is 5.76. The van der Waals surface area contributed by atoms with E-state index in [-0.39, 0.29) is 11.1 Å². The number of hydrazine groups is 1. The van der Waals surface area contributed by atoms with E-state index in [0.29, 0.717) is 12.1 Å². The summed E-state index contributed by atoms with van der Waals surface area (Å²) in [6.45, 7) is 0. The van der Waals surface area contributed by atoms with Crippen LogP contribution >= 0.6 is 0 Å². The first kappa shape index (κ1) is 15.3. The average Bonchev–Trinajstić information content (AvgIpc) is 2.38. The molecule has 3 N–H and O–H groups in total. The molecule has 0 aliphatic heterocycles. The van der Waals surface area contributed by atoms with Gasteiger partial charge in [-0.3, -0.25) is 10.8 Å². The number of alkyl halides is 3. The van der Waals surface area contributed by atoms with E-state index in [0.717, 1.165) is 18.3 Å². The van der Waals surface area contributed by atoms with Crippen molar-refractivity contribution in [2.45, 2.75) is 12.2 Å². The molecule has 0 fully saturated rings. The summed E-state index contributed by atoms with van der Waals surface area (Å²) < 4.78 is 64.2. The lowest BCUT2D eigenvalue weighted by molar-refractivity contribution is -0.140. The second kappa shape index (κ2) is 5.74. The number of rotatable bonds is 3. The highest BCUT2D eigenvalue weighted by atomic mass is 19.4. The summed E-state index contributed by atoms with van der Waals surface area (Å²) in [4.78, 5) is 3.61. The Kier molecular flexibility index (Phi) is 4.19. The van der Waals surface area contributed by atoms with Gasteiger partial charge in [-0.05, 0) is 29.3 Å². The molecule has 2 aromatic rings. The van der Waals surface area contributed by atoms with Crippen LogP contribution in [0.25, 0.3) is 0 Å². The fourth-order valence-corrected chi connectivity index (χ4v) is 1.91. The Bertz CT molecular complexity index is 642. The number of benzene rings is 1. The van der Waals surface area contributed by atoms with Crippen LogP contribution in [0.3, 0.4) is 0 Å². The number of nitrogens with two attached hydrogens (primary N) is 1. The van der Waals surface area contributed by atoms with Gasteiger partial charge in [0.25, 0.3) is 0 Å². The maximum atomic E-state index is 13.6. The van der Waals surface area contributed by atoms with E-state index in [1.54, 1.807) is 0 Å². The van der Waals surface area contributed by atoms with Crippen LogP contribution in [-0.4, -0.2) is 4.98 Å². The minimum atomic E-state index is -4.78. The number of pyridine rings is 1. The predicted octanol–water partition coefficient (Wildman–Crippen LogP) is 2.93. The van der Waals surface area contributed by atoms with Crippen molar-refractivity contribution in [1.29, 1.82) is 0 Å². The van der Waals surface area contributed by atoms with Crippen molar-refractivity contribution >= 4 is 0 Å². The summed E-state index contributed by atoms with van der Waals surface area (Å²) in [5.74, 6) is 3.25. The molecular weight excluding hydrogens is 293 g/mol. The lowest BCUT2D eigenvalue weighted by atomic mass is 9.99. The van der Waals surface area contributed by atoms with Gasteiger partial charge in [-0.1, -0.05) is 6.07 Å². The lowest BCUT2D eigenvalue weighted by Crippen LogP contribution is -2.29. The minimum Gasteiger partial charge on any atom is -0.271 e. The van der Waals surface area contributed by atoms with Crippen molar-refractivity contribution in [2.75, 3.05) is 0 Å². The van der Waals surface area contributed by atoms with Crippen molar-refractivity contribution in [1.82, 2.24) is 10.4 Å². The molecule has 1 heterocycles. The predicted molar refractivity (Wildman–Crippen MR) is 64.8 cm³/mol. The number of halogens is 5. The van der Waals surface area contributed by atoms with Crippen LogP contribution in [0, 0.1) is 11.6 Å². The largest absolute Gasteiger partial charge is 0.419 e. The first-order chi connectivity index (χ1) is 9.82. The zero-order valence-electron chi connectivity index (χ0n) is 10.5. The van der Waals surface area contributed by atoms with Gasteiger partial charge in [-0.25, -0.2) is 14.2 Å². The summed E-state index contributed by atoms with van der Waals surface area (Å²) >= 11 is 0. The van der Waals surface area contributed by atoms with Crippen LogP contribution in [0.5, 0.6) is 0 Å². The number of hydrogen-bond acceptors (Lipinski definition) is 3. The molecule has 0 aliphatic carbocycles. The Hall–Kier alpha value is -2.06. The lowest BCUT2D eigenvalue weighted by Gasteiger charge is -2.18. The zero-order valence-corrected chi connectivity index (χ0v) is 10.5. The monoisotopic (exact) mass is 303 g/mol. The fraction of sp³-hybridized carbons (Fsp3) is 0.154. The van der Waals surface area contributed by atoms with E-state index in [1.807, 2.05) is 0 Å². The van der Waals surface area contributed by atoms with E-state index in [4.69, 9.17) is 5.84 Å². The van der Waals surface area contributed by atoms with Gasteiger partial charge < -0.3 is 0 Å². The van der Waals surface area contributed by atoms with E-state index < -0.39 is 29.4 Å². The molecule has 0 saturated carbocycles. The molecule has 1 aromatic carbocycles. The summed E-state index contributed by atoms with van der Waals surface area (Å²) in [6.07, 6.45) is -2.54. The quantitative estimate of drug-likeness (QED) is 0.521. The number of nitrogens with zero attached hydrogens (tertiary/aromatic N) is 1. The molecule has 0 spiro atoms. The maximum absolute atomic E-state index is 13.6. The van der Waals surface area contributed by atoms with E-state index in [9.17, 15) is 22.0 Å². The Morgan fingerprint density at radius 3 is 2.29 bits per heavy atom. The van der Waals surface area contributed by atoms with E-state index in [2.05, 4.69) is 10.4 Å². The summed E-state index contributed by atoms with van der Waals surface area (Å²) in [7, 11) is 0. The third kappa shape index (κ3) is 3.34. The molecule has 0 amide bonds. The van der Waals surface area contributed by atoms with Gasteiger partial charge >= 0.3 is 6.18 Å². The number of aromatic nitrogens is 1. The van der Waals surface area contributed by atoms with Gasteiger partial charge in [0.2, 0.25) is 0 Å². The third-order valence-electron chi connectivity index (χ3n) is 2.86. The molecule has 8 heteroatoms. The normalized spacial score (nSPS) is 13.2. The molecule has 1 atom stereocenters. The molecule has 0 saturated heterocycles. The molecule has 0 radical (unpaired) electrons. The van der Waals surface area contributed by atoms with Gasteiger partial charge in [0.05, 0.1) is 17.8 Å². The van der Waals surface area contributed by atoms with Gasteiger partial charge in [-0.2, -0.15) is 13.2 Å². The average molecular weight is 303 g/mol. The topological polar surface area (TPSA) is 50.9 Å². The van der Waals surface area contributed by atoms with Crippen molar-refractivity contribution in [2.24, 2.45) is 5.84 Å². The molecule has 1 unspecified atom stereocenters. The third-order valence-corrected chi connectivity index (χ3v) is 2.86. The standard InChI is InChI=1S/C13H10F5N3/c14-9-3-8(5-20-6-9)12(21-19)7-1-2-10(11(15)4-7)13(16,17)18/h1-6,12,21H,19H2. The Labute approximate surface area is 116 Å². The highest BCUT2D eigenvalue weighted by Gasteiger charge is 2.34. The van der Waals surface area contributed by atoms with E-state index >= 15 is 0 Å². The van der Waals surface area contributed by atoms with Gasteiger partial charge in [0.15, 0.2) is 0 Å². The summed E-state index contributed by atoms with van der Waals surface area (Å²) in [6, 6.07) is 2.61. The Morgan fingerprint density at radius 1 is 1.05 bits per heavy atom. The van der Waals surface area contributed by atoms with Gasteiger partial charge in [0.1, 0.15) is 11.6 Å². The van der Waals surface area contributed by atoms with Gasteiger partial charge in [-0.15, -0.1) is 0 Å². The SMILES string of the molecule is NNC(c1cncc(F)c1)c1ccc(C(F)(F)F)c(F)c1. The fourth-order valence-electron chi connectivity index (χ4n) is 1.91. The highest BCUT2D eigenvalue weighted by molar-refractivity contribution is 5.34. The molecule has 2 rings (SSSR count). The van der Waals surface area contributed by atoms with E-state index in [1.165, 1.54) is 6.20 Å². The second-order valence-corrected chi connectivity index (χ2v) is 4.27. The zero-order chi connectivity index (χ0) is 15.6. The second-order valence-electron chi connectivity index (χ2n) is 4.27. The summed E-state index contributed by atoms with van der Waals surface area (Å²) in [5.41, 5.74) is 1.30. The smallest absolute Gasteiger partial charge is 0.271 e. The molecule has 112 valence electrons. The van der Waals surface area contributed by atoms with Crippen LogP contribution in [0.2, 0.25) is 0 Å². The van der Waals surface area contributed by atoms with Crippen LogP contribution < -0.4 is 11.3 Å². The highest BCUT2D eigenvalue weighted by Crippen LogP contribution is 2.33. The Balaban J connectivity index is 2.42. The van der Waals surface area contributed by atoms with Crippen LogP contribution in [-0.2, 0) is 6.18 Å². The maximum Gasteiger partial charge on any atom is 0.419 e.